The predicted octanol–water partition coefficient (Wildman–Crippen LogP) is 3.09. The van der Waals surface area contributed by atoms with E-state index in [1.165, 1.54) is 5.56 Å². The molecule has 1 N–H and O–H groups in total. The quantitative estimate of drug-likeness (QED) is 0.827. The highest BCUT2D eigenvalue weighted by Crippen LogP contribution is 2.15. The average Bonchev–Trinajstić information content (AvgIpc) is 2.32. The molecule has 1 rings (SSSR count). The number of aryl methyl sites for hydroxylation is 1. The van der Waals surface area contributed by atoms with E-state index in [4.69, 9.17) is 0 Å². The zero-order chi connectivity index (χ0) is 15.2. The van der Waals surface area contributed by atoms with Crippen LogP contribution in [0.15, 0.2) is 28.7 Å². The van der Waals surface area contributed by atoms with E-state index in [1.54, 1.807) is 0 Å². The van der Waals surface area contributed by atoms with E-state index >= 15 is 0 Å². The lowest BCUT2D eigenvalue weighted by Crippen LogP contribution is -2.40. The van der Waals surface area contributed by atoms with Crippen LogP contribution in [0.1, 0.15) is 25.8 Å². The van der Waals surface area contributed by atoms with Gasteiger partial charge in [0.1, 0.15) is 0 Å². The van der Waals surface area contributed by atoms with E-state index in [0.717, 1.165) is 17.4 Å². The van der Waals surface area contributed by atoms with Crippen molar-refractivity contribution in [3.8, 4) is 0 Å². The number of benzene rings is 1. The second-order valence-electron chi connectivity index (χ2n) is 6.31. The van der Waals surface area contributed by atoms with E-state index in [2.05, 4.69) is 60.2 Å². The highest BCUT2D eigenvalue weighted by molar-refractivity contribution is 9.10. The van der Waals surface area contributed by atoms with Crippen molar-refractivity contribution >= 4 is 21.8 Å². The summed E-state index contributed by atoms with van der Waals surface area (Å²) in [6.45, 7) is 6.00. The third kappa shape index (κ3) is 7.06. The molecule has 0 aliphatic rings. The van der Waals surface area contributed by atoms with Crippen molar-refractivity contribution in [1.29, 1.82) is 0 Å². The normalized spacial score (nSPS) is 11.7. The SMILES string of the molecule is CN(C)CC(C)(C)CNC(=O)CCc1cccc(Br)c1. The molecule has 0 aliphatic carbocycles. The molecule has 1 aromatic carbocycles. The second-order valence-corrected chi connectivity index (χ2v) is 7.22. The molecule has 1 amide bonds. The lowest BCUT2D eigenvalue weighted by molar-refractivity contribution is -0.121. The van der Waals surface area contributed by atoms with Crippen LogP contribution < -0.4 is 5.32 Å². The highest BCUT2D eigenvalue weighted by atomic mass is 79.9. The molecule has 1 aromatic rings. The Morgan fingerprint density at radius 2 is 2.05 bits per heavy atom. The van der Waals surface area contributed by atoms with Gasteiger partial charge in [-0.15, -0.1) is 0 Å². The first-order chi connectivity index (χ1) is 9.28. The molecule has 0 unspecified atom stereocenters. The minimum Gasteiger partial charge on any atom is -0.356 e. The van der Waals surface area contributed by atoms with E-state index < -0.39 is 0 Å². The smallest absolute Gasteiger partial charge is 0.220 e. The Balaban J connectivity index is 2.34. The van der Waals surface area contributed by atoms with E-state index in [0.29, 0.717) is 13.0 Å². The van der Waals surface area contributed by atoms with Gasteiger partial charge < -0.3 is 10.2 Å². The van der Waals surface area contributed by atoms with Crippen LogP contribution in [0.3, 0.4) is 0 Å². The fourth-order valence-corrected chi connectivity index (χ4v) is 2.74. The molecule has 0 saturated heterocycles. The largest absolute Gasteiger partial charge is 0.356 e. The maximum atomic E-state index is 11.9. The summed E-state index contributed by atoms with van der Waals surface area (Å²) in [5.74, 6) is 0.122. The van der Waals surface area contributed by atoms with Crippen molar-refractivity contribution < 1.29 is 4.79 Å². The van der Waals surface area contributed by atoms with Gasteiger partial charge in [-0.2, -0.15) is 0 Å². The molecule has 0 spiro atoms. The van der Waals surface area contributed by atoms with Gasteiger partial charge in [0, 0.05) is 24.0 Å². The number of rotatable bonds is 7. The van der Waals surface area contributed by atoms with Gasteiger partial charge in [-0.1, -0.05) is 41.9 Å². The third-order valence-corrected chi connectivity index (χ3v) is 3.53. The third-order valence-electron chi connectivity index (χ3n) is 3.04. The number of carbonyl (C=O) groups excluding carboxylic acids is 1. The van der Waals surface area contributed by atoms with Crippen molar-refractivity contribution in [2.24, 2.45) is 5.41 Å². The van der Waals surface area contributed by atoms with Crippen molar-refractivity contribution in [3.05, 3.63) is 34.3 Å². The predicted molar refractivity (Wildman–Crippen MR) is 87.8 cm³/mol. The summed E-state index contributed by atoms with van der Waals surface area (Å²) in [4.78, 5) is 14.0. The second kappa shape index (κ2) is 7.79. The van der Waals surface area contributed by atoms with Gasteiger partial charge >= 0.3 is 0 Å². The number of hydrogen-bond donors (Lipinski definition) is 1. The maximum Gasteiger partial charge on any atom is 0.220 e. The molecular weight excluding hydrogens is 316 g/mol. The molecule has 0 saturated carbocycles. The molecule has 3 nitrogen and oxygen atoms in total. The molecule has 0 radical (unpaired) electrons. The number of nitrogens with zero attached hydrogens (tertiary/aromatic N) is 1. The molecule has 0 aromatic heterocycles. The van der Waals surface area contributed by atoms with Gasteiger partial charge in [-0.3, -0.25) is 4.79 Å². The number of hydrogen-bond acceptors (Lipinski definition) is 2. The Kier molecular flexibility index (Phi) is 6.69. The Bertz CT molecular complexity index is 444. The lowest BCUT2D eigenvalue weighted by Gasteiger charge is -2.28. The summed E-state index contributed by atoms with van der Waals surface area (Å²) in [7, 11) is 4.10. The lowest BCUT2D eigenvalue weighted by atomic mass is 9.93. The zero-order valence-corrected chi connectivity index (χ0v) is 14.5. The van der Waals surface area contributed by atoms with Crippen LogP contribution in [0.25, 0.3) is 0 Å². The first-order valence-corrected chi connectivity index (χ1v) is 7.74. The van der Waals surface area contributed by atoms with Gasteiger partial charge in [-0.25, -0.2) is 0 Å². The summed E-state index contributed by atoms with van der Waals surface area (Å²) >= 11 is 3.44. The molecule has 0 heterocycles. The fraction of sp³-hybridized carbons (Fsp3) is 0.562. The Morgan fingerprint density at radius 3 is 2.65 bits per heavy atom. The van der Waals surface area contributed by atoms with Crippen LogP contribution in [-0.4, -0.2) is 38.0 Å². The first-order valence-electron chi connectivity index (χ1n) is 6.94. The van der Waals surface area contributed by atoms with Gasteiger partial charge in [0.15, 0.2) is 0 Å². The molecule has 112 valence electrons. The van der Waals surface area contributed by atoms with E-state index in [-0.39, 0.29) is 11.3 Å². The van der Waals surface area contributed by atoms with Crippen LogP contribution in [0, 0.1) is 5.41 Å². The Morgan fingerprint density at radius 1 is 1.35 bits per heavy atom. The standard InChI is InChI=1S/C16H25BrN2O/c1-16(2,12-19(3)4)11-18-15(20)9-8-13-6-5-7-14(17)10-13/h5-7,10H,8-9,11-12H2,1-4H3,(H,18,20). The summed E-state index contributed by atoms with van der Waals surface area (Å²) in [5, 5.41) is 3.04. The number of carbonyl (C=O) groups is 1. The molecule has 0 bridgehead atoms. The molecule has 20 heavy (non-hydrogen) atoms. The van der Waals surface area contributed by atoms with Crippen molar-refractivity contribution in [2.45, 2.75) is 26.7 Å². The van der Waals surface area contributed by atoms with Crippen LogP contribution in [-0.2, 0) is 11.2 Å². The highest BCUT2D eigenvalue weighted by Gasteiger charge is 2.19. The molecule has 0 aliphatic heterocycles. The number of amides is 1. The van der Waals surface area contributed by atoms with Crippen molar-refractivity contribution in [1.82, 2.24) is 10.2 Å². The van der Waals surface area contributed by atoms with Crippen molar-refractivity contribution in [2.75, 3.05) is 27.2 Å². The fourth-order valence-electron chi connectivity index (χ4n) is 2.29. The number of nitrogens with one attached hydrogen (secondary N) is 1. The van der Waals surface area contributed by atoms with Crippen LogP contribution in [0.2, 0.25) is 0 Å². The maximum absolute atomic E-state index is 11.9. The minimum absolute atomic E-state index is 0.0922. The average molecular weight is 341 g/mol. The van der Waals surface area contributed by atoms with Gasteiger partial charge in [0.05, 0.1) is 0 Å². The molecule has 0 fully saturated rings. The van der Waals surface area contributed by atoms with E-state index in [9.17, 15) is 4.79 Å². The van der Waals surface area contributed by atoms with E-state index in [1.807, 2.05) is 18.2 Å². The van der Waals surface area contributed by atoms with Crippen LogP contribution in [0.5, 0.6) is 0 Å². The minimum atomic E-state index is 0.0922. The van der Waals surface area contributed by atoms with Gasteiger partial charge in [0.2, 0.25) is 5.91 Å². The Hall–Kier alpha value is -0.870. The number of halogens is 1. The molecule has 0 atom stereocenters. The molecule has 4 heteroatoms. The molecular formula is C16H25BrN2O. The summed E-state index contributed by atoms with van der Waals surface area (Å²) in [5.41, 5.74) is 1.27. The monoisotopic (exact) mass is 340 g/mol. The summed E-state index contributed by atoms with van der Waals surface area (Å²) in [6, 6.07) is 8.10. The van der Waals surface area contributed by atoms with Gasteiger partial charge in [0.25, 0.3) is 0 Å². The summed E-state index contributed by atoms with van der Waals surface area (Å²) in [6.07, 6.45) is 1.31. The summed E-state index contributed by atoms with van der Waals surface area (Å²) < 4.78 is 1.06. The van der Waals surface area contributed by atoms with Gasteiger partial charge in [-0.05, 0) is 43.6 Å². The first kappa shape index (κ1) is 17.2. The topological polar surface area (TPSA) is 32.3 Å². The zero-order valence-electron chi connectivity index (χ0n) is 12.9. The van der Waals surface area contributed by atoms with Crippen LogP contribution in [0.4, 0.5) is 0 Å². The Labute approximate surface area is 130 Å². The van der Waals surface area contributed by atoms with Crippen LogP contribution >= 0.6 is 15.9 Å². The van der Waals surface area contributed by atoms with Crippen molar-refractivity contribution in [3.63, 3.8) is 0 Å².